The van der Waals surface area contributed by atoms with Crippen LogP contribution in [-0.4, -0.2) is 87.5 Å². The summed E-state index contributed by atoms with van der Waals surface area (Å²) < 4.78 is 11.0. The van der Waals surface area contributed by atoms with Crippen LogP contribution in [0, 0.1) is 0 Å². The molecule has 53 heavy (non-hydrogen) atoms. The molecule has 9 heteroatoms. The summed E-state index contributed by atoms with van der Waals surface area (Å²) in [6.07, 6.45) is 41.2. The van der Waals surface area contributed by atoms with Crippen molar-refractivity contribution in [1.29, 1.82) is 0 Å². The number of amides is 1. The molecule has 9 nitrogen and oxygen atoms in total. The molecule has 7 unspecified atom stereocenters. The monoisotopic (exact) mass is 742 g/mol. The Morgan fingerprint density at radius 2 is 1.17 bits per heavy atom. The van der Waals surface area contributed by atoms with Crippen molar-refractivity contribution in [2.45, 2.75) is 159 Å². The third-order valence-corrected chi connectivity index (χ3v) is 8.65. The molecule has 1 heterocycles. The van der Waals surface area contributed by atoms with E-state index in [1.165, 1.54) is 0 Å². The summed E-state index contributed by atoms with van der Waals surface area (Å²) >= 11 is 0. The number of allylic oxidation sites excluding steroid dienone is 15. The largest absolute Gasteiger partial charge is 0.394 e. The zero-order valence-electron chi connectivity index (χ0n) is 32.5. The lowest BCUT2D eigenvalue weighted by atomic mass is 9.99. The van der Waals surface area contributed by atoms with Crippen LogP contribution in [0.4, 0.5) is 0 Å². The van der Waals surface area contributed by atoms with Gasteiger partial charge >= 0.3 is 0 Å². The van der Waals surface area contributed by atoms with Crippen molar-refractivity contribution in [2.75, 3.05) is 13.2 Å². The molecule has 7 atom stereocenters. The van der Waals surface area contributed by atoms with Gasteiger partial charge in [-0.15, -0.1) is 0 Å². The highest BCUT2D eigenvalue weighted by molar-refractivity contribution is 5.76. The van der Waals surface area contributed by atoms with Gasteiger partial charge in [-0.25, -0.2) is 0 Å². The maximum absolute atomic E-state index is 12.7. The van der Waals surface area contributed by atoms with Crippen LogP contribution in [-0.2, 0) is 14.3 Å². The van der Waals surface area contributed by atoms with Gasteiger partial charge in [0.05, 0.1) is 25.4 Å². The Bertz CT molecular complexity index is 1140. The van der Waals surface area contributed by atoms with E-state index in [0.717, 1.165) is 96.3 Å². The van der Waals surface area contributed by atoms with E-state index < -0.39 is 49.5 Å². The molecule has 0 aliphatic carbocycles. The minimum Gasteiger partial charge on any atom is -0.394 e. The summed E-state index contributed by atoms with van der Waals surface area (Å²) in [6, 6.07) is -0.817. The van der Waals surface area contributed by atoms with Crippen molar-refractivity contribution in [3.8, 4) is 0 Å². The lowest BCUT2D eigenvalue weighted by Crippen LogP contribution is -2.60. The van der Waals surface area contributed by atoms with Crippen LogP contribution < -0.4 is 5.32 Å². The van der Waals surface area contributed by atoms with Crippen molar-refractivity contribution in [2.24, 2.45) is 0 Å². The molecule has 1 amide bonds. The molecule has 1 fully saturated rings. The molecule has 0 aromatic rings. The number of aliphatic hydroxyl groups is 5. The lowest BCUT2D eigenvalue weighted by molar-refractivity contribution is -0.302. The van der Waals surface area contributed by atoms with E-state index >= 15 is 0 Å². The van der Waals surface area contributed by atoms with Crippen LogP contribution in [0.1, 0.15) is 117 Å². The second-order valence-corrected chi connectivity index (χ2v) is 13.3. The minimum absolute atomic E-state index is 0.209. The quantitative estimate of drug-likeness (QED) is 0.0330. The number of carbonyl (C=O) groups is 1. The molecule has 0 radical (unpaired) electrons. The third-order valence-electron chi connectivity index (χ3n) is 8.65. The van der Waals surface area contributed by atoms with Crippen LogP contribution >= 0.6 is 0 Å². The fraction of sp³-hybridized carbons (Fsp3) is 0.614. The SMILES string of the molecule is CC/C=C\C/C=C\C/C=C\C/C=C\C/C=C\C/C=C\C/C=C\CCCCCCCC(=O)NC(COC1OC(CO)C(O)C(O)C1O)C(O)/C=C/CCC. The molecule has 300 valence electrons. The Balaban J connectivity index is 2.18. The number of hydrogen-bond acceptors (Lipinski definition) is 8. The highest BCUT2D eigenvalue weighted by atomic mass is 16.7. The molecule has 0 saturated carbocycles. The van der Waals surface area contributed by atoms with E-state index in [9.17, 15) is 30.3 Å². The van der Waals surface area contributed by atoms with Gasteiger partial charge in [0.1, 0.15) is 24.4 Å². The Labute approximate surface area is 320 Å². The van der Waals surface area contributed by atoms with Gasteiger partial charge in [-0.3, -0.25) is 4.79 Å². The smallest absolute Gasteiger partial charge is 0.220 e. The van der Waals surface area contributed by atoms with Gasteiger partial charge in [-0.05, 0) is 70.6 Å². The predicted molar refractivity (Wildman–Crippen MR) is 216 cm³/mol. The summed E-state index contributed by atoms with van der Waals surface area (Å²) in [5, 5.41) is 53.3. The summed E-state index contributed by atoms with van der Waals surface area (Å²) in [6.45, 7) is 3.39. The Hall–Kier alpha value is -2.89. The van der Waals surface area contributed by atoms with Gasteiger partial charge < -0.3 is 40.3 Å². The van der Waals surface area contributed by atoms with E-state index in [1.807, 2.05) is 13.0 Å². The Morgan fingerprint density at radius 1 is 0.660 bits per heavy atom. The number of aliphatic hydroxyl groups excluding tert-OH is 5. The fourth-order valence-corrected chi connectivity index (χ4v) is 5.43. The Morgan fingerprint density at radius 3 is 1.70 bits per heavy atom. The first-order chi connectivity index (χ1) is 25.8. The van der Waals surface area contributed by atoms with E-state index in [2.05, 4.69) is 97.3 Å². The molecule has 0 aromatic heterocycles. The molecule has 1 aliphatic rings. The van der Waals surface area contributed by atoms with Gasteiger partial charge in [0.25, 0.3) is 0 Å². The van der Waals surface area contributed by atoms with Gasteiger partial charge in [0.2, 0.25) is 5.91 Å². The third kappa shape index (κ3) is 24.9. The number of rotatable bonds is 30. The average molecular weight is 742 g/mol. The first-order valence-electron chi connectivity index (χ1n) is 20.0. The number of hydrogen-bond donors (Lipinski definition) is 6. The van der Waals surface area contributed by atoms with E-state index in [-0.39, 0.29) is 12.5 Å². The molecule has 1 saturated heterocycles. The molecule has 6 N–H and O–H groups in total. The first kappa shape index (κ1) is 48.1. The second kappa shape index (κ2) is 33.7. The van der Waals surface area contributed by atoms with Gasteiger partial charge in [-0.1, -0.05) is 137 Å². The molecule has 0 aromatic carbocycles. The van der Waals surface area contributed by atoms with Crippen LogP contribution in [0.3, 0.4) is 0 Å². The van der Waals surface area contributed by atoms with Gasteiger partial charge in [0, 0.05) is 6.42 Å². The van der Waals surface area contributed by atoms with Crippen LogP contribution in [0.25, 0.3) is 0 Å². The summed E-state index contributed by atoms with van der Waals surface area (Å²) in [5.74, 6) is -0.215. The average Bonchev–Trinajstić information content (AvgIpc) is 3.15. The van der Waals surface area contributed by atoms with Crippen molar-refractivity contribution in [1.82, 2.24) is 5.32 Å². The highest BCUT2D eigenvalue weighted by Crippen LogP contribution is 2.22. The summed E-state index contributed by atoms with van der Waals surface area (Å²) in [5.41, 5.74) is 0. The molecular weight excluding hydrogens is 670 g/mol. The van der Waals surface area contributed by atoms with Gasteiger partial charge in [0.15, 0.2) is 6.29 Å². The molecule has 0 spiro atoms. The number of carbonyl (C=O) groups excluding carboxylic acids is 1. The molecule has 1 rings (SSSR count). The van der Waals surface area contributed by atoms with Crippen molar-refractivity contribution in [3.63, 3.8) is 0 Å². The topological polar surface area (TPSA) is 149 Å². The van der Waals surface area contributed by atoms with E-state index in [4.69, 9.17) is 9.47 Å². The highest BCUT2D eigenvalue weighted by Gasteiger charge is 2.44. The summed E-state index contributed by atoms with van der Waals surface area (Å²) in [4.78, 5) is 12.7. The van der Waals surface area contributed by atoms with Gasteiger partial charge in [-0.2, -0.15) is 0 Å². The Kier molecular flexibility index (Phi) is 30.6. The van der Waals surface area contributed by atoms with Crippen LogP contribution in [0.2, 0.25) is 0 Å². The lowest BCUT2D eigenvalue weighted by Gasteiger charge is -2.40. The maximum atomic E-state index is 12.7. The van der Waals surface area contributed by atoms with E-state index in [0.29, 0.717) is 6.42 Å². The zero-order chi connectivity index (χ0) is 38.8. The molecule has 0 bridgehead atoms. The second-order valence-electron chi connectivity index (χ2n) is 13.3. The first-order valence-corrected chi connectivity index (χ1v) is 20.0. The fourth-order valence-electron chi connectivity index (χ4n) is 5.43. The number of nitrogens with one attached hydrogen (secondary N) is 1. The normalized spacial score (nSPS) is 22.7. The number of ether oxygens (including phenoxy) is 2. The van der Waals surface area contributed by atoms with Crippen LogP contribution in [0.5, 0.6) is 0 Å². The molecular formula is C44H71NO8. The van der Waals surface area contributed by atoms with E-state index in [1.54, 1.807) is 6.08 Å². The minimum atomic E-state index is -1.57. The standard InChI is InChI=1S/C44H71NO8/c1-3-5-7-8-9-10-11-12-13-14-15-16-17-18-19-20-21-22-23-24-25-26-27-28-29-30-32-34-40(48)45-37(38(47)33-31-6-4-2)36-52-44-43(51)42(50)41(49)39(35-46)53-44/h5,7,9-10,12-13,15-16,18-19,21-22,24-25,31,33,37-39,41-44,46-47,49-51H,3-4,6,8,11,14,17,20,23,26-30,32,34-36H2,1-2H3,(H,45,48)/b7-5-,10-9-,13-12-,16-15-,19-18-,22-21-,25-24-,33-31+. The zero-order valence-corrected chi connectivity index (χ0v) is 32.5. The molecule has 1 aliphatic heterocycles. The summed E-state index contributed by atoms with van der Waals surface area (Å²) in [7, 11) is 0. The van der Waals surface area contributed by atoms with Crippen molar-refractivity contribution >= 4 is 5.91 Å². The van der Waals surface area contributed by atoms with Crippen LogP contribution in [0.15, 0.2) is 97.2 Å². The predicted octanol–water partition coefficient (Wildman–Crippen LogP) is 7.38. The van der Waals surface area contributed by atoms with Crippen molar-refractivity contribution in [3.05, 3.63) is 97.2 Å². The van der Waals surface area contributed by atoms with Crippen molar-refractivity contribution < 1.29 is 39.8 Å². The number of unbranched alkanes of at least 4 members (excludes halogenated alkanes) is 6. The maximum Gasteiger partial charge on any atom is 0.220 e.